The summed E-state index contributed by atoms with van der Waals surface area (Å²) in [5.74, 6) is 0.0306. The van der Waals surface area contributed by atoms with Crippen molar-refractivity contribution in [2.45, 2.75) is 45.9 Å². The molecular formula is C15H23NO4. The molecule has 1 aromatic carbocycles. The molecule has 0 saturated heterocycles. The van der Waals surface area contributed by atoms with Gasteiger partial charge >= 0.3 is 5.97 Å². The van der Waals surface area contributed by atoms with Gasteiger partial charge in [0.15, 0.2) is 17.6 Å². The summed E-state index contributed by atoms with van der Waals surface area (Å²) in [6.07, 6.45) is -0.468. The Kier molecular flexibility index (Phi) is 6.31. The second-order valence-corrected chi connectivity index (χ2v) is 4.87. The fraction of sp³-hybridized carbons (Fsp3) is 0.533. The van der Waals surface area contributed by atoms with Gasteiger partial charge in [0.2, 0.25) is 0 Å². The lowest BCUT2D eigenvalue weighted by Crippen LogP contribution is -2.26. The highest BCUT2D eigenvalue weighted by molar-refractivity contribution is 5.72. The minimum absolute atomic E-state index is 0.379. The number of carbonyl (C=O) groups is 1. The third-order valence-corrected chi connectivity index (χ3v) is 2.86. The molecule has 1 atom stereocenters. The van der Waals surface area contributed by atoms with Crippen molar-refractivity contribution in [1.29, 1.82) is 0 Å². The van der Waals surface area contributed by atoms with E-state index in [1.807, 2.05) is 12.1 Å². The Bertz CT molecular complexity index is 445. The molecule has 0 saturated carbocycles. The van der Waals surface area contributed by atoms with E-state index in [1.165, 1.54) is 7.11 Å². The number of carboxylic acid groups (broad SMARTS) is 1. The molecule has 0 bridgehead atoms. The van der Waals surface area contributed by atoms with Gasteiger partial charge in [-0.15, -0.1) is 0 Å². The van der Waals surface area contributed by atoms with Gasteiger partial charge in [-0.2, -0.15) is 0 Å². The highest BCUT2D eigenvalue weighted by Gasteiger charge is 2.19. The van der Waals surface area contributed by atoms with Gasteiger partial charge in [0, 0.05) is 12.6 Å². The molecule has 0 spiro atoms. The Hall–Kier alpha value is -1.75. The van der Waals surface area contributed by atoms with E-state index >= 15 is 0 Å². The van der Waals surface area contributed by atoms with Crippen LogP contribution < -0.4 is 14.8 Å². The van der Waals surface area contributed by atoms with Crippen LogP contribution in [0.1, 0.15) is 32.8 Å². The Morgan fingerprint density at radius 1 is 1.35 bits per heavy atom. The van der Waals surface area contributed by atoms with E-state index in [-0.39, 0.29) is 0 Å². The zero-order valence-corrected chi connectivity index (χ0v) is 12.5. The van der Waals surface area contributed by atoms with Crippen LogP contribution in [0, 0.1) is 0 Å². The standard InChI is InChI=1S/C15H23NO4/c1-5-12(15(17)18)20-14-8-11(9-16-10(2)3)6-7-13(14)19-4/h6-8,10,12,16H,5,9H2,1-4H3,(H,17,18). The van der Waals surface area contributed by atoms with Crippen molar-refractivity contribution in [3.63, 3.8) is 0 Å². The van der Waals surface area contributed by atoms with E-state index in [0.717, 1.165) is 5.56 Å². The van der Waals surface area contributed by atoms with Crippen LogP contribution in [0.4, 0.5) is 0 Å². The number of methoxy groups -OCH3 is 1. The molecule has 5 nitrogen and oxygen atoms in total. The molecule has 0 fully saturated rings. The summed E-state index contributed by atoms with van der Waals surface area (Å²) >= 11 is 0. The molecule has 0 aliphatic rings. The van der Waals surface area contributed by atoms with E-state index in [1.54, 1.807) is 13.0 Å². The lowest BCUT2D eigenvalue weighted by molar-refractivity contribution is -0.145. The Morgan fingerprint density at radius 3 is 2.55 bits per heavy atom. The number of aliphatic carboxylic acids is 1. The highest BCUT2D eigenvalue weighted by atomic mass is 16.5. The maximum atomic E-state index is 11.1. The lowest BCUT2D eigenvalue weighted by Gasteiger charge is -2.17. The van der Waals surface area contributed by atoms with E-state index < -0.39 is 12.1 Å². The second kappa shape index (κ2) is 7.75. The summed E-state index contributed by atoms with van der Waals surface area (Å²) in [4.78, 5) is 11.1. The van der Waals surface area contributed by atoms with E-state index in [2.05, 4.69) is 19.2 Å². The third kappa shape index (κ3) is 4.74. The summed E-state index contributed by atoms with van der Waals surface area (Å²) in [7, 11) is 1.54. The molecule has 2 N–H and O–H groups in total. The molecule has 0 aliphatic heterocycles. The zero-order chi connectivity index (χ0) is 15.1. The highest BCUT2D eigenvalue weighted by Crippen LogP contribution is 2.29. The molecular weight excluding hydrogens is 258 g/mol. The monoisotopic (exact) mass is 281 g/mol. The van der Waals surface area contributed by atoms with Crippen molar-refractivity contribution in [3.8, 4) is 11.5 Å². The normalized spacial score (nSPS) is 12.2. The summed E-state index contributed by atoms with van der Waals surface area (Å²) < 4.78 is 10.8. The summed E-state index contributed by atoms with van der Waals surface area (Å²) in [5.41, 5.74) is 1.02. The first-order valence-corrected chi connectivity index (χ1v) is 6.77. The molecule has 0 aliphatic carbocycles. The fourth-order valence-corrected chi connectivity index (χ4v) is 1.71. The van der Waals surface area contributed by atoms with Gasteiger partial charge in [-0.25, -0.2) is 4.79 Å². The number of ether oxygens (including phenoxy) is 2. The average molecular weight is 281 g/mol. The van der Waals surface area contributed by atoms with Gasteiger partial charge in [-0.3, -0.25) is 0 Å². The van der Waals surface area contributed by atoms with Gasteiger partial charge < -0.3 is 19.9 Å². The third-order valence-electron chi connectivity index (χ3n) is 2.86. The molecule has 112 valence electrons. The smallest absolute Gasteiger partial charge is 0.344 e. The molecule has 5 heteroatoms. The first kappa shape index (κ1) is 16.3. The zero-order valence-electron chi connectivity index (χ0n) is 12.5. The van der Waals surface area contributed by atoms with Crippen LogP contribution in [-0.2, 0) is 11.3 Å². The van der Waals surface area contributed by atoms with Gasteiger partial charge in [-0.05, 0) is 24.1 Å². The van der Waals surface area contributed by atoms with Crippen LogP contribution >= 0.6 is 0 Å². The maximum Gasteiger partial charge on any atom is 0.344 e. The molecule has 20 heavy (non-hydrogen) atoms. The minimum Gasteiger partial charge on any atom is -0.493 e. The summed E-state index contributed by atoms with van der Waals surface area (Å²) in [6.45, 7) is 6.61. The van der Waals surface area contributed by atoms with Crippen LogP contribution in [0.2, 0.25) is 0 Å². The summed E-state index contributed by atoms with van der Waals surface area (Å²) in [5, 5.41) is 12.4. The lowest BCUT2D eigenvalue weighted by atomic mass is 10.2. The van der Waals surface area contributed by atoms with E-state index in [0.29, 0.717) is 30.5 Å². The average Bonchev–Trinajstić information content (AvgIpc) is 2.42. The largest absolute Gasteiger partial charge is 0.493 e. The quantitative estimate of drug-likeness (QED) is 0.766. The Morgan fingerprint density at radius 2 is 2.05 bits per heavy atom. The first-order chi connectivity index (χ1) is 9.47. The molecule has 0 amide bonds. The predicted octanol–water partition coefficient (Wildman–Crippen LogP) is 2.44. The SMILES string of the molecule is CCC(Oc1cc(CNC(C)C)ccc1OC)C(=O)O. The Balaban J connectivity index is 2.90. The van der Waals surface area contributed by atoms with Gasteiger partial charge in [0.1, 0.15) is 0 Å². The predicted molar refractivity (Wildman–Crippen MR) is 77.3 cm³/mol. The number of rotatable bonds is 8. The van der Waals surface area contributed by atoms with Crippen LogP contribution in [-0.4, -0.2) is 30.3 Å². The van der Waals surface area contributed by atoms with Crippen LogP contribution in [0.25, 0.3) is 0 Å². The van der Waals surface area contributed by atoms with Gasteiger partial charge in [0.25, 0.3) is 0 Å². The molecule has 1 aromatic rings. The second-order valence-electron chi connectivity index (χ2n) is 4.87. The molecule has 1 rings (SSSR count). The molecule has 0 heterocycles. The number of benzene rings is 1. The van der Waals surface area contributed by atoms with Crippen molar-refractivity contribution >= 4 is 5.97 Å². The minimum atomic E-state index is -0.972. The number of hydrogen-bond donors (Lipinski definition) is 2. The van der Waals surface area contributed by atoms with Crippen molar-refractivity contribution in [1.82, 2.24) is 5.32 Å². The van der Waals surface area contributed by atoms with Crippen molar-refractivity contribution in [2.75, 3.05) is 7.11 Å². The van der Waals surface area contributed by atoms with Crippen molar-refractivity contribution < 1.29 is 19.4 Å². The topological polar surface area (TPSA) is 67.8 Å². The van der Waals surface area contributed by atoms with Gasteiger partial charge in [0.05, 0.1) is 7.11 Å². The Labute approximate surface area is 119 Å². The van der Waals surface area contributed by atoms with Crippen molar-refractivity contribution in [2.24, 2.45) is 0 Å². The number of carboxylic acids is 1. The molecule has 0 aromatic heterocycles. The maximum absolute atomic E-state index is 11.1. The van der Waals surface area contributed by atoms with Crippen LogP contribution in [0.15, 0.2) is 18.2 Å². The fourth-order valence-electron chi connectivity index (χ4n) is 1.71. The van der Waals surface area contributed by atoms with Gasteiger partial charge in [-0.1, -0.05) is 26.8 Å². The number of hydrogen-bond acceptors (Lipinski definition) is 4. The first-order valence-electron chi connectivity index (χ1n) is 6.77. The molecule has 1 unspecified atom stereocenters. The van der Waals surface area contributed by atoms with Crippen LogP contribution in [0.5, 0.6) is 11.5 Å². The van der Waals surface area contributed by atoms with E-state index in [4.69, 9.17) is 14.6 Å². The van der Waals surface area contributed by atoms with Crippen LogP contribution in [0.3, 0.4) is 0 Å². The molecule has 0 radical (unpaired) electrons. The van der Waals surface area contributed by atoms with Crippen molar-refractivity contribution in [3.05, 3.63) is 23.8 Å². The van der Waals surface area contributed by atoms with E-state index in [9.17, 15) is 4.79 Å². The number of nitrogens with one attached hydrogen (secondary N) is 1. The summed E-state index contributed by atoms with van der Waals surface area (Å²) in [6, 6.07) is 5.92.